The first-order chi connectivity index (χ1) is 7.41. The van der Waals surface area contributed by atoms with Gasteiger partial charge in [0.15, 0.2) is 0 Å². The van der Waals surface area contributed by atoms with Gasteiger partial charge in [-0.05, 0) is 25.1 Å². The Morgan fingerprint density at radius 1 is 1.62 bits per heavy atom. The zero-order chi connectivity index (χ0) is 11.9. The number of hydrogen-bond donors (Lipinski definition) is 1. The highest BCUT2D eigenvalue weighted by atomic mass is 32.3. The summed E-state index contributed by atoms with van der Waals surface area (Å²) in [7, 11) is -0.0569. The normalized spacial score (nSPS) is 22.1. The monoisotopic (exact) mass is 280 g/mol. The molecule has 16 heavy (non-hydrogen) atoms. The Morgan fingerprint density at radius 3 is 2.88 bits per heavy atom. The van der Waals surface area contributed by atoms with E-state index in [9.17, 15) is 8.42 Å². The van der Waals surface area contributed by atoms with Crippen LogP contribution in [0.1, 0.15) is 11.7 Å². The van der Waals surface area contributed by atoms with Crippen LogP contribution in [0.5, 0.6) is 0 Å². The van der Waals surface area contributed by atoms with Crippen molar-refractivity contribution in [3.8, 4) is 0 Å². The first kappa shape index (κ1) is 12.3. The number of rotatable bonds is 2. The summed E-state index contributed by atoms with van der Waals surface area (Å²) in [5.74, 6) is 0. The van der Waals surface area contributed by atoms with Gasteiger partial charge in [0.25, 0.3) is 0 Å². The highest BCUT2D eigenvalue weighted by molar-refractivity contribution is 7.99. The number of sulfonamides is 1. The molecule has 1 aliphatic heterocycles. The van der Waals surface area contributed by atoms with Crippen molar-refractivity contribution in [1.82, 2.24) is 4.31 Å². The second-order valence-electron chi connectivity index (χ2n) is 3.48. The van der Waals surface area contributed by atoms with E-state index >= 15 is 0 Å². The molecule has 2 N–H and O–H groups in total. The highest BCUT2D eigenvalue weighted by Crippen LogP contribution is 2.43. The van der Waals surface area contributed by atoms with Crippen LogP contribution in [0.25, 0.3) is 0 Å². The molecule has 0 radical (unpaired) electrons. The maximum Gasteiger partial charge on any atom is 0.247 e. The Bertz CT molecular complexity index is 497. The van der Waals surface area contributed by atoms with Crippen LogP contribution in [-0.4, -0.2) is 33.4 Å². The van der Waals surface area contributed by atoms with Crippen LogP contribution < -0.4 is 5.14 Å². The molecule has 2 heterocycles. The lowest BCUT2D eigenvalue weighted by molar-refractivity contribution is 0.0866. The number of nitrogens with zero attached hydrogens (tertiary/aromatic N) is 1. The number of fused-ring (bicyclic) bond motifs is 1. The molecule has 0 saturated carbocycles. The molecule has 8 heteroatoms. The number of nitrogens with two attached hydrogens (primary N) is 1. The van der Waals surface area contributed by atoms with Gasteiger partial charge in [-0.3, -0.25) is 0 Å². The zero-order valence-electron chi connectivity index (χ0n) is 8.84. The maximum absolute atomic E-state index is 11.3. The van der Waals surface area contributed by atoms with Crippen molar-refractivity contribution in [2.75, 3.05) is 20.7 Å². The second kappa shape index (κ2) is 4.28. The first-order valence-corrected chi connectivity index (χ1v) is 7.64. The van der Waals surface area contributed by atoms with Crippen molar-refractivity contribution < 1.29 is 13.2 Å². The molecular formula is C8H12N2O3S3. The Morgan fingerprint density at radius 2 is 2.31 bits per heavy atom. The lowest BCUT2D eigenvalue weighted by atomic mass is 10.2. The Hall–Kier alpha value is -0.120. The van der Waals surface area contributed by atoms with Crippen LogP contribution in [-0.2, 0) is 14.8 Å². The average Bonchev–Trinajstić information content (AvgIpc) is 2.59. The molecule has 0 bridgehead atoms. The van der Waals surface area contributed by atoms with Crippen LogP contribution in [0.3, 0.4) is 0 Å². The fourth-order valence-electron chi connectivity index (χ4n) is 1.51. The van der Waals surface area contributed by atoms with Crippen molar-refractivity contribution in [2.24, 2.45) is 5.14 Å². The van der Waals surface area contributed by atoms with Gasteiger partial charge in [-0.25, -0.2) is 17.9 Å². The third-order valence-electron chi connectivity index (χ3n) is 2.28. The van der Waals surface area contributed by atoms with E-state index in [0.29, 0.717) is 0 Å². The molecule has 0 aromatic carbocycles. The summed E-state index contributed by atoms with van der Waals surface area (Å²) in [4.78, 5) is 0. The summed E-state index contributed by atoms with van der Waals surface area (Å²) >= 11 is 2.71. The van der Waals surface area contributed by atoms with Crippen LogP contribution >= 0.6 is 23.3 Å². The van der Waals surface area contributed by atoms with Gasteiger partial charge in [-0.1, -0.05) is 0 Å². The van der Waals surface area contributed by atoms with E-state index in [2.05, 4.69) is 0 Å². The highest BCUT2D eigenvalue weighted by Gasteiger charge is 2.28. The second-order valence-corrected chi connectivity index (χ2v) is 7.79. The Kier molecular flexibility index (Phi) is 3.30. The fraction of sp³-hybridized carbons (Fsp3) is 0.500. The number of thiophene rings is 1. The largest absolute Gasteiger partial charge is 0.375 e. The first-order valence-electron chi connectivity index (χ1n) is 4.50. The van der Waals surface area contributed by atoms with E-state index in [-0.39, 0.29) is 10.3 Å². The summed E-state index contributed by atoms with van der Waals surface area (Å²) in [6.07, 6.45) is -0.0898. The van der Waals surface area contributed by atoms with Gasteiger partial charge in [0.2, 0.25) is 10.0 Å². The number of primary sulfonamides is 1. The fourth-order valence-corrected chi connectivity index (χ4v) is 4.94. The molecule has 0 fully saturated rings. The van der Waals surface area contributed by atoms with Crippen molar-refractivity contribution in [1.29, 1.82) is 0 Å². The predicted molar refractivity (Wildman–Crippen MR) is 63.9 cm³/mol. The SMILES string of the molecule is COC1CN(C)Sc2sc(S(N)(=O)=O)cc21. The number of ether oxygens (including phenoxy) is 1. The molecule has 1 aromatic heterocycles. The lowest BCUT2D eigenvalue weighted by Gasteiger charge is -2.27. The summed E-state index contributed by atoms with van der Waals surface area (Å²) < 4.78 is 31.0. The average molecular weight is 280 g/mol. The molecule has 0 spiro atoms. The van der Waals surface area contributed by atoms with E-state index in [0.717, 1.165) is 16.3 Å². The molecule has 5 nitrogen and oxygen atoms in total. The van der Waals surface area contributed by atoms with Gasteiger partial charge in [-0.2, -0.15) is 0 Å². The lowest BCUT2D eigenvalue weighted by Crippen LogP contribution is -2.23. The van der Waals surface area contributed by atoms with Gasteiger partial charge in [0, 0.05) is 19.2 Å². The smallest absolute Gasteiger partial charge is 0.247 e. The van der Waals surface area contributed by atoms with Crippen molar-refractivity contribution in [3.63, 3.8) is 0 Å². The van der Waals surface area contributed by atoms with E-state index in [4.69, 9.17) is 9.88 Å². The van der Waals surface area contributed by atoms with Crippen LogP contribution in [0.2, 0.25) is 0 Å². The molecule has 2 rings (SSSR count). The van der Waals surface area contributed by atoms with Gasteiger partial charge in [-0.15, -0.1) is 11.3 Å². The van der Waals surface area contributed by atoms with E-state index in [1.54, 1.807) is 13.2 Å². The Balaban J connectivity index is 2.47. The van der Waals surface area contributed by atoms with Crippen LogP contribution in [0.4, 0.5) is 0 Å². The molecule has 90 valence electrons. The molecule has 0 saturated heterocycles. The van der Waals surface area contributed by atoms with E-state index < -0.39 is 10.0 Å². The molecule has 0 amide bonds. The maximum atomic E-state index is 11.3. The van der Waals surface area contributed by atoms with Gasteiger partial charge < -0.3 is 4.74 Å². The zero-order valence-corrected chi connectivity index (χ0v) is 11.3. The van der Waals surface area contributed by atoms with Gasteiger partial charge >= 0.3 is 0 Å². The summed E-state index contributed by atoms with van der Waals surface area (Å²) in [5, 5.41) is 5.11. The minimum atomic E-state index is -3.61. The van der Waals surface area contributed by atoms with Gasteiger partial charge in [0.1, 0.15) is 4.21 Å². The predicted octanol–water partition coefficient (Wildman–Crippen LogP) is 1.04. The van der Waals surface area contributed by atoms with Crippen molar-refractivity contribution in [2.45, 2.75) is 14.5 Å². The molecule has 1 unspecified atom stereocenters. The number of methoxy groups -OCH3 is 1. The molecule has 1 aliphatic rings. The number of hydrogen-bond acceptors (Lipinski definition) is 6. The molecular weight excluding hydrogens is 268 g/mol. The molecule has 0 aliphatic carbocycles. The summed E-state index contributed by atoms with van der Waals surface area (Å²) in [6.45, 7) is 0.731. The topological polar surface area (TPSA) is 72.6 Å². The van der Waals surface area contributed by atoms with E-state index in [1.807, 2.05) is 11.4 Å². The van der Waals surface area contributed by atoms with Crippen molar-refractivity contribution >= 4 is 33.3 Å². The summed E-state index contributed by atoms with van der Waals surface area (Å²) in [6, 6.07) is 1.61. The van der Waals surface area contributed by atoms with E-state index in [1.165, 1.54) is 23.3 Å². The van der Waals surface area contributed by atoms with Crippen LogP contribution in [0, 0.1) is 0 Å². The summed E-state index contributed by atoms with van der Waals surface area (Å²) in [5.41, 5.74) is 0.916. The Labute approximate surface area is 103 Å². The minimum absolute atomic E-state index is 0.0898. The quantitative estimate of drug-likeness (QED) is 0.819. The minimum Gasteiger partial charge on any atom is -0.375 e. The standard InChI is InChI=1S/C8H12N2O3S3/c1-10-4-6(13-2)5-3-7(16(9,11)12)14-8(5)15-10/h3,6H,4H2,1-2H3,(H2,9,11,12). The molecule has 1 atom stereocenters. The molecule has 1 aromatic rings. The van der Waals surface area contributed by atoms with Gasteiger partial charge in [0.05, 0.1) is 10.3 Å². The third-order valence-corrected chi connectivity index (χ3v) is 5.98. The van der Waals surface area contributed by atoms with Crippen molar-refractivity contribution in [3.05, 3.63) is 11.6 Å². The number of likely N-dealkylation sites (N-methyl/N-ethyl adjacent to an activating group) is 1. The third kappa shape index (κ3) is 2.27. The van der Waals surface area contributed by atoms with Crippen LogP contribution in [0.15, 0.2) is 14.5 Å².